The van der Waals surface area contributed by atoms with Gasteiger partial charge in [0.2, 0.25) is 0 Å². The second-order valence-electron chi connectivity index (χ2n) is 4.83. The average molecular weight is 353 g/mol. The van der Waals surface area contributed by atoms with Crippen LogP contribution >= 0.6 is 11.8 Å². The number of anilines is 1. The van der Waals surface area contributed by atoms with E-state index < -0.39 is 11.9 Å². The van der Waals surface area contributed by atoms with Crippen molar-refractivity contribution in [2.45, 2.75) is 23.7 Å². The standard InChI is InChI=1S/C17H17F2NO3S/c1-11(23-14-7-5-13(22-2)6-8-14)16(21)20-12-3-9-15(10-4-12)24-17(18)19/h3-11,17H,1-2H3,(H,20,21)/t11-/m0/s1. The molecule has 0 unspecified atom stereocenters. The van der Waals surface area contributed by atoms with Crippen LogP contribution in [0, 0.1) is 0 Å². The lowest BCUT2D eigenvalue weighted by Gasteiger charge is -2.15. The third-order valence-electron chi connectivity index (χ3n) is 3.09. The fraction of sp³-hybridized carbons (Fsp3) is 0.235. The summed E-state index contributed by atoms with van der Waals surface area (Å²) >= 11 is 0.456. The monoisotopic (exact) mass is 353 g/mol. The largest absolute Gasteiger partial charge is 0.497 e. The summed E-state index contributed by atoms with van der Waals surface area (Å²) in [7, 11) is 1.57. The highest BCUT2D eigenvalue weighted by Crippen LogP contribution is 2.26. The van der Waals surface area contributed by atoms with Gasteiger partial charge < -0.3 is 14.8 Å². The predicted molar refractivity (Wildman–Crippen MR) is 90.0 cm³/mol. The second-order valence-corrected chi connectivity index (χ2v) is 5.89. The fourth-order valence-electron chi connectivity index (χ4n) is 1.88. The molecular formula is C17H17F2NO3S. The van der Waals surface area contributed by atoms with Crippen molar-refractivity contribution in [3.05, 3.63) is 48.5 Å². The van der Waals surface area contributed by atoms with Gasteiger partial charge in [-0.25, -0.2) is 0 Å². The number of alkyl halides is 2. The summed E-state index contributed by atoms with van der Waals surface area (Å²) in [6.45, 7) is 1.63. The Labute approximate surface area is 143 Å². The van der Waals surface area contributed by atoms with Crippen LogP contribution < -0.4 is 14.8 Å². The van der Waals surface area contributed by atoms with Crippen LogP contribution in [-0.4, -0.2) is 24.9 Å². The van der Waals surface area contributed by atoms with E-state index in [9.17, 15) is 13.6 Å². The molecule has 0 saturated carbocycles. The minimum atomic E-state index is -2.47. The van der Waals surface area contributed by atoms with E-state index in [2.05, 4.69) is 5.32 Å². The highest BCUT2D eigenvalue weighted by molar-refractivity contribution is 7.99. The van der Waals surface area contributed by atoms with Crippen LogP contribution in [0.3, 0.4) is 0 Å². The first-order valence-electron chi connectivity index (χ1n) is 7.14. The number of halogens is 2. The summed E-state index contributed by atoms with van der Waals surface area (Å²) < 4.78 is 35.1. The third kappa shape index (κ3) is 5.42. The number of rotatable bonds is 7. The van der Waals surface area contributed by atoms with Gasteiger partial charge >= 0.3 is 0 Å². The maximum absolute atomic E-state index is 12.3. The Balaban J connectivity index is 1.90. The van der Waals surface area contributed by atoms with Crippen molar-refractivity contribution in [2.75, 3.05) is 12.4 Å². The quantitative estimate of drug-likeness (QED) is 0.749. The number of carbonyl (C=O) groups excluding carboxylic acids is 1. The van der Waals surface area contributed by atoms with Crippen LogP contribution in [-0.2, 0) is 4.79 Å². The number of ether oxygens (including phenoxy) is 2. The number of hydrogen-bond acceptors (Lipinski definition) is 4. The molecule has 0 bridgehead atoms. The molecule has 2 rings (SSSR count). The van der Waals surface area contributed by atoms with E-state index >= 15 is 0 Å². The highest BCUT2D eigenvalue weighted by Gasteiger charge is 2.15. The maximum atomic E-state index is 12.3. The van der Waals surface area contributed by atoms with Gasteiger partial charge in [0, 0.05) is 10.6 Å². The molecule has 2 aromatic rings. The minimum Gasteiger partial charge on any atom is -0.497 e. The molecule has 4 nitrogen and oxygen atoms in total. The lowest BCUT2D eigenvalue weighted by Crippen LogP contribution is -2.30. The van der Waals surface area contributed by atoms with Crippen molar-refractivity contribution in [3.8, 4) is 11.5 Å². The number of hydrogen-bond donors (Lipinski definition) is 1. The van der Waals surface area contributed by atoms with E-state index in [0.717, 1.165) is 0 Å². The summed E-state index contributed by atoms with van der Waals surface area (Å²) in [6.07, 6.45) is -0.714. The number of methoxy groups -OCH3 is 1. The second kappa shape index (κ2) is 8.54. The molecule has 1 atom stereocenters. The zero-order valence-electron chi connectivity index (χ0n) is 13.2. The Morgan fingerprint density at radius 3 is 2.17 bits per heavy atom. The summed E-state index contributed by atoms with van der Waals surface area (Å²) in [6, 6.07) is 13.1. The molecule has 24 heavy (non-hydrogen) atoms. The topological polar surface area (TPSA) is 47.6 Å². The normalized spacial score (nSPS) is 11.9. The van der Waals surface area contributed by atoms with Crippen LogP contribution in [0.5, 0.6) is 11.5 Å². The van der Waals surface area contributed by atoms with Gasteiger partial charge in [-0.05, 0) is 55.5 Å². The van der Waals surface area contributed by atoms with Gasteiger partial charge in [-0.3, -0.25) is 4.79 Å². The Kier molecular flexibility index (Phi) is 6.43. The molecule has 2 aromatic carbocycles. The molecule has 0 radical (unpaired) electrons. The zero-order valence-corrected chi connectivity index (χ0v) is 14.0. The Morgan fingerprint density at radius 2 is 1.62 bits per heavy atom. The first-order valence-corrected chi connectivity index (χ1v) is 8.02. The molecule has 0 aliphatic rings. The zero-order chi connectivity index (χ0) is 17.5. The molecule has 0 heterocycles. The molecule has 0 aliphatic carbocycles. The van der Waals surface area contributed by atoms with E-state index in [1.807, 2.05) is 0 Å². The van der Waals surface area contributed by atoms with Gasteiger partial charge in [-0.15, -0.1) is 0 Å². The summed E-state index contributed by atoms with van der Waals surface area (Å²) in [5.41, 5.74) is 0.517. The van der Waals surface area contributed by atoms with Crippen molar-refractivity contribution in [1.82, 2.24) is 0 Å². The van der Waals surface area contributed by atoms with Crippen molar-refractivity contribution in [3.63, 3.8) is 0 Å². The third-order valence-corrected chi connectivity index (χ3v) is 3.81. The van der Waals surface area contributed by atoms with E-state index in [1.54, 1.807) is 50.4 Å². The van der Waals surface area contributed by atoms with Gasteiger partial charge in [0.25, 0.3) is 11.7 Å². The van der Waals surface area contributed by atoms with E-state index in [1.165, 1.54) is 12.1 Å². The lowest BCUT2D eigenvalue weighted by atomic mass is 10.3. The van der Waals surface area contributed by atoms with E-state index in [0.29, 0.717) is 33.8 Å². The van der Waals surface area contributed by atoms with Gasteiger partial charge in [0.05, 0.1) is 7.11 Å². The van der Waals surface area contributed by atoms with Crippen molar-refractivity contribution >= 4 is 23.4 Å². The molecule has 128 valence electrons. The summed E-state index contributed by atoms with van der Waals surface area (Å²) in [5, 5.41) is 2.68. The first kappa shape index (κ1) is 18.1. The molecule has 0 aliphatic heterocycles. The average Bonchev–Trinajstić information content (AvgIpc) is 2.56. The van der Waals surface area contributed by atoms with Crippen LogP contribution in [0.15, 0.2) is 53.4 Å². The molecule has 1 amide bonds. The number of nitrogens with one attached hydrogen (secondary N) is 1. The SMILES string of the molecule is COc1ccc(O[C@@H](C)C(=O)Nc2ccc(SC(F)F)cc2)cc1. The minimum absolute atomic E-state index is 0.333. The Morgan fingerprint density at radius 1 is 1.04 bits per heavy atom. The van der Waals surface area contributed by atoms with Gasteiger partial charge in [-0.1, -0.05) is 11.8 Å². The smallest absolute Gasteiger partial charge is 0.288 e. The molecule has 0 aromatic heterocycles. The van der Waals surface area contributed by atoms with Crippen LogP contribution in [0.1, 0.15) is 6.92 Å². The van der Waals surface area contributed by atoms with Crippen LogP contribution in [0.25, 0.3) is 0 Å². The van der Waals surface area contributed by atoms with Crippen molar-refractivity contribution in [1.29, 1.82) is 0 Å². The Hall–Kier alpha value is -2.28. The molecule has 7 heteroatoms. The number of thioether (sulfide) groups is 1. The van der Waals surface area contributed by atoms with Gasteiger partial charge in [0.15, 0.2) is 6.10 Å². The predicted octanol–water partition coefficient (Wildman–Crippen LogP) is 4.42. The summed E-state index contributed by atoms with van der Waals surface area (Å²) in [4.78, 5) is 12.6. The van der Waals surface area contributed by atoms with E-state index in [-0.39, 0.29) is 5.91 Å². The van der Waals surface area contributed by atoms with E-state index in [4.69, 9.17) is 9.47 Å². The number of amides is 1. The van der Waals surface area contributed by atoms with Crippen LogP contribution in [0.2, 0.25) is 0 Å². The van der Waals surface area contributed by atoms with Gasteiger partial charge in [-0.2, -0.15) is 8.78 Å². The Bertz CT molecular complexity index is 663. The number of benzene rings is 2. The molecule has 0 spiro atoms. The summed E-state index contributed by atoms with van der Waals surface area (Å²) in [5.74, 6) is -1.56. The van der Waals surface area contributed by atoms with Crippen molar-refractivity contribution in [2.24, 2.45) is 0 Å². The maximum Gasteiger partial charge on any atom is 0.288 e. The van der Waals surface area contributed by atoms with Crippen LogP contribution in [0.4, 0.5) is 14.5 Å². The number of carbonyl (C=O) groups is 1. The molecular weight excluding hydrogens is 336 g/mol. The lowest BCUT2D eigenvalue weighted by molar-refractivity contribution is -0.122. The van der Waals surface area contributed by atoms with Gasteiger partial charge in [0.1, 0.15) is 11.5 Å². The highest BCUT2D eigenvalue weighted by atomic mass is 32.2. The molecule has 0 saturated heterocycles. The fourth-order valence-corrected chi connectivity index (χ4v) is 2.37. The molecule has 0 fully saturated rings. The van der Waals surface area contributed by atoms with Crippen molar-refractivity contribution < 1.29 is 23.0 Å². The first-order chi connectivity index (χ1) is 11.5. The molecule has 1 N–H and O–H groups in total.